The summed E-state index contributed by atoms with van der Waals surface area (Å²) in [6.45, 7) is 2.29. The standard InChI is InChI=1S/C12H25.Hg.H2O/c1-3-5-7-9-11-12-10-8-6-4-2;;/h1,3-12H2,2H3;;1H2. The molecule has 0 unspecified atom stereocenters. The molecule has 0 radical (unpaired) electrons. The Bertz CT molecular complexity index is 76.4. The minimum absolute atomic E-state index is 0. The molecule has 2 heteroatoms. The fourth-order valence-electron chi connectivity index (χ4n) is 1.66. The fourth-order valence-corrected chi connectivity index (χ4v) is 3.04. The summed E-state index contributed by atoms with van der Waals surface area (Å²) in [6.07, 6.45) is 14.8. The molecule has 83 valence electrons. The summed E-state index contributed by atoms with van der Waals surface area (Å²) in [7, 11) is 0. The van der Waals surface area contributed by atoms with E-state index in [9.17, 15) is 0 Å². The Hall–Kier alpha value is 0.895. The van der Waals surface area contributed by atoms with Crippen LogP contribution in [-0.4, -0.2) is 5.48 Å². The fraction of sp³-hybridized carbons (Fsp3) is 1.00. The molecule has 0 saturated heterocycles. The topological polar surface area (TPSA) is 31.5 Å². The van der Waals surface area contributed by atoms with Crippen LogP contribution in [-0.2, 0) is 26.1 Å². The second-order valence-electron chi connectivity index (χ2n) is 4.04. The van der Waals surface area contributed by atoms with Crippen molar-refractivity contribution in [3.05, 3.63) is 0 Å². The van der Waals surface area contributed by atoms with Crippen LogP contribution in [0.2, 0.25) is 3.93 Å². The number of unbranched alkanes of at least 4 members (excludes halogenated alkanes) is 9. The summed E-state index contributed by atoms with van der Waals surface area (Å²) in [5.41, 5.74) is 0. The molecule has 1 nitrogen and oxygen atoms in total. The van der Waals surface area contributed by atoms with E-state index in [1.807, 2.05) is 0 Å². The molecule has 0 aliphatic rings. The maximum atomic E-state index is 2.29. The summed E-state index contributed by atoms with van der Waals surface area (Å²) < 4.78 is 1.57. The molecule has 0 aromatic rings. The van der Waals surface area contributed by atoms with Crippen molar-refractivity contribution in [1.29, 1.82) is 0 Å². The summed E-state index contributed by atoms with van der Waals surface area (Å²) in [5, 5.41) is 0. The first-order valence-electron chi connectivity index (χ1n) is 6.21. The quantitative estimate of drug-likeness (QED) is 0.400. The van der Waals surface area contributed by atoms with E-state index in [1.165, 1.54) is 64.2 Å². The van der Waals surface area contributed by atoms with Gasteiger partial charge in [0.25, 0.3) is 0 Å². The van der Waals surface area contributed by atoms with Crippen LogP contribution in [0.5, 0.6) is 0 Å². The molecule has 0 aliphatic heterocycles. The van der Waals surface area contributed by atoms with Crippen molar-refractivity contribution in [2.45, 2.75) is 75.1 Å². The summed E-state index contributed by atoms with van der Waals surface area (Å²) in [4.78, 5) is 0. The largest absolute Gasteiger partial charge is 0.412 e. The van der Waals surface area contributed by atoms with Crippen molar-refractivity contribution in [1.82, 2.24) is 0 Å². The Morgan fingerprint density at radius 2 is 1.00 bits per heavy atom. The first kappa shape index (κ1) is 17.3. The molecule has 0 saturated carbocycles. The van der Waals surface area contributed by atoms with Crippen molar-refractivity contribution in [2.75, 3.05) is 0 Å². The molecule has 0 atom stereocenters. The SMILES string of the molecule is CCCCCCCCCCC[CH2][Hg].O. The van der Waals surface area contributed by atoms with Crippen molar-refractivity contribution < 1.29 is 31.6 Å². The monoisotopic (exact) mass is 389 g/mol. The van der Waals surface area contributed by atoms with Gasteiger partial charge < -0.3 is 5.48 Å². The second-order valence-corrected chi connectivity index (χ2v) is 6.78. The molecule has 0 aromatic carbocycles. The number of rotatable bonds is 10. The molecular weight excluding hydrogens is 361 g/mol. The molecule has 14 heavy (non-hydrogen) atoms. The average molecular weight is 388 g/mol. The first-order valence-corrected chi connectivity index (χ1v) is 10.1. The third-order valence-electron chi connectivity index (χ3n) is 2.60. The van der Waals surface area contributed by atoms with Crippen LogP contribution in [0, 0.1) is 0 Å². The molecule has 0 aliphatic carbocycles. The van der Waals surface area contributed by atoms with E-state index in [1.54, 1.807) is 3.93 Å². The van der Waals surface area contributed by atoms with Crippen molar-refractivity contribution in [2.24, 2.45) is 0 Å². The van der Waals surface area contributed by atoms with Crippen LogP contribution in [0.4, 0.5) is 0 Å². The van der Waals surface area contributed by atoms with Gasteiger partial charge in [-0.2, -0.15) is 0 Å². The first-order chi connectivity index (χ1) is 6.41. The molecule has 0 amide bonds. The molecule has 0 rings (SSSR count). The Kier molecular flexibility index (Phi) is 20.2. The van der Waals surface area contributed by atoms with Crippen molar-refractivity contribution in [3.63, 3.8) is 0 Å². The van der Waals surface area contributed by atoms with E-state index in [-0.39, 0.29) is 5.48 Å². The molecule has 2 N–H and O–H groups in total. The summed E-state index contributed by atoms with van der Waals surface area (Å²) in [6, 6.07) is 0. The molecule has 0 fully saturated rings. The van der Waals surface area contributed by atoms with Gasteiger partial charge in [0.05, 0.1) is 0 Å². The molecule has 0 bridgehead atoms. The zero-order valence-electron chi connectivity index (χ0n) is 9.99. The normalized spacial score (nSPS) is 9.93. The van der Waals surface area contributed by atoms with Gasteiger partial charge in [-0.3, -0.25) is 0 Å². The van der Waals surface area contributed by atoms with Crippen LogP contribution in [0.25, 0.3) is 0 Å². The van der Waals surface area contributed by atoms with Crippen LogP contribution in [0.15, 0.2) is 0 Å². The summed E-state index contributed by atoms with van der Waals surface area (Å²) >= 11 is 1.06. The molecular formula is C12H27HgO. The van der Waals surface area contributed by atoms with Gasteiger partial charge in [0.1, 0.15) is 0 Å². The third kappa shape index (κ3) is 15.4. The van der Waals surface area contributed by atoms with Gasteiger partial charge in [0.2, 0.25) is 0 Å². The Balaban J connectivity index is 0. The zero-order valence-corrected chi connectivity index (χ0v) is 15.5. The number of hydrogen-bond acceptors (Lipinski definition) is 0. The minimum atomic E-state index is 0. The second kappa shape index (κ2) is 16.3. The van der Waals surface area contributed by atoms with E-state index in [4.69, 9.17) is 0 Å². The van der Waals surface area contributed by atoms with Crippen LogP contribution >= 0.6 is 0 Å². The van der Waals surface area contributed by atoms with Crippen LogP contribution in [0.3, 0.4) is 0 Å². The van der Waals surface area contributed by atoms with Crippen LogP contribution < -0.4 is 0 Å². The van der Waals surface area contributed by atoms with Gasteiger partial charge >= 0.3 is 101 Å². The Labute approximate surface area is 106 Å². The van der Waals surface area contributed by atoms with Crippen LogP contribution in [0.1, 0.15) is 71.1 Å². The third-order valence-corrected chi connectivity index (χ3v) is 4.55. The molecule has 0 heterocycles. The van der Waals surface area contributed by atoms with E-state index < -0.39 is 0 Å². The van der Waals surface area contributed by atoms with Gasteiger partial charge in [-0.25, -0.2) is 0 Å². The molecule has 0 spiro atoms. The predicted molar refractivity (Wildman–Crippen MR) is 60.3 cm³/mol. The van der Waals surface area contributed by atoms with Crippen molar-refractivity contribution in [3.8, 4) is 0 Å². The minimum Gasteiger partial charge on any atom is -0.412 e. The molecule has 0 aromatic heterocycles. The number of hydrogen-bond donors (Lipinski definition) is 0. The maximum Gasteiger partial charge on any atom is -0.412 e. The summed E-state index contributed by atoms with van der Waals surface area (Å²) in [5.74, 6) is 0. The van der Waals surface area contributed by atoms with Gasteiger partial charge in [-0.05, 0) is 0 Å². The average Bonchev–Trinajstić information content (AvgIpc) is 2.16. The van der Waals surface area contributed by atoms with Gasteiger partial charge in [-0.15, -0.1) is 0 Å². The van der Waals surface area contributed by atoms with Gasteiger partial charge in [0.15, 0.2) is 0 Å². The predicted octanol–water partition coefficient (Wildman–Crippen LogP) is 4.05. The zero-order chi connectivity index (χ0) is 9.78. The smallest absolute Gasteiger partial charge is 0.412 e. The van der Waals surface area contributed by atoms with E-state index in [0.717, 1.165) is 26.1 Å². The van der Waals surface area contributed by atoms with Gasteiger partial charge in [-0.1, -0.05) is 0 Å². The van der Waals surface area contributed by atoms with Crippen molar-refractivity contribution >= 4 is 0 Å². The van der Waals surface area contributed by atoms with E-state index >= 15 is 0 Å². The maximum absolute atomic E-state index is 2.29. The van der Waals surface area contributed by atoms with E-state index in [0.29, 0.717) is 0 Å². The van der Waals surface area contributed by atoms with Gasteiger partial charge in [0, 0.05) is 0 Å². The Morgan fingerprint density at radius 1 is 0.643 bits per heavy atom. The van der Waals surface area contributed by atoms with E-state index in [2.05, 4.69) is 6.92 Å². The Morgan fingerprint density at radius 3 is 1.36 bits per heavy atom.